The van der Waals surface area contributed by atoms with Crippen LogP contribution in [0.3, 0.4) is 0 Å². The van der Waals surface area contributed by atoms with Crippen molar-refractivity contribution in [3.8, 4) is 11.1 Å². The molecule has 0 aromatic heterocycles. The lowest BCUT2D eigenvalue weighted by molar-refractivity contribution is 0.0983. The highest BCUT2D eigenvalue weighted by Gasteiger charge is 2.11. The van der Waals surface area contributed by atoms with E-state index in [0.29, 0.717) is 6.42 Å². The minimum atomic E-state index is 0.187. The molecule has 30 heavy (non-hydrogen) atoms. The first-order valence-corrected chi connectivity index (χ1v) is 10.4. The first kappa shape index (κ1) is 18.3. The second-order valence-electron chi connectivity index (χ2n) is 7.66. The van der Waals surface area contributed by atoms with Crippen LogP contribution in [0, 0.1) is 0 Å². The number of hydrogen-bond acceptors (Lipinski definition) is 1. The van der Waals surface area contributed by atoms with Gasteiger partial charge in [-0.3, -0.25) is 4.79 Å². The fourth-order valence-electron chi connectivity index (χ4n) is 4.24. The second-order valence-corrected chi connectivity index (χ2v) is 7.66. The third-order valence-electron chi connectivity index (χ3n) is 5.80. The van der Waals surface area contributed by atoms with E-state index in [1.54, 1.807) is 0 Å². The van der Waals surface area contributed by atoms with Crippen LogP contribution in [0.2, 0.25) is 0 Å². The molecule has 5 aromatic carbocycles. The van der Waals surface area contributed by atoms with Crippen LogP contribution >= 0.6 is 0 Å². The van der Waals surface area contributed by atoms with Gasteiger partial charge in [-0.2, -0.15) is 0 Å². The predicted molar refractivity (Wildman–Crippen MR) is 126 cm³/mol. The Labute approximate surface area is 176 Å². The van der Waals surface area contributed by atoms with Crippen molar-refractivity contribution in [3.05, 3.63) is 120 Å². The molecule has 0 aliphatic carbocycles. The number of carbonyl (C=O) groups is 1. The molecular formula is C29H22O. The van der Waals surface area contributed by atoms with Gasteiger partial charge in [0.2, 0.25) is 0 Å². The highest BCUT2D eigenvalue weighted by molar-refractivity contribution is 6.03. The summed E-state index contributed by atoms with van der Waals surface area (Å²) in [5, 5.41) is 4.93. The van der Waals surface area contributed by atoms with E-state index < -0.39 is 0 Å². The molecule has 0 atom stereocenters. The van der Waals surface area contributed by atoms with Gasteiger partial charge in [0.05, 0.1) is 0 Å². The number of benzene rings is 5. The third-order valence-corrected chi connectivity index (χ3v) is 5.80. The molecule has 0 bridgehead atoms. The minimum Gasteiger partial charge on any atom is -0.294 e. The first-order chi connectivity index (χ1) is 14.8. The van der Waals surface area contributed by atoms with E-state index in [0.717, 1.165) is 17.5 Å². The van der Waals surface area contributed by atoms with Crippen LogP contribution in [0.5, 0.6) is 0 Å². The number of aryl methyl sites for hydroxylation is 1. The number of rotatable bonds is 5. The molecule has 1 heteroatoms. The number of Topliss-reactive ketones (excluding diaryl/α,β-unsaturated/α-hetero) is 1. The van der Waals surface area contributed by atoms with E-state index in [4.69, 9.17) is 0 Å². The van der Waals surface area contributed by atoms with Crippen LogP contribution in [0.1, 0.15) is 22.3 Å². The summed E-state index contributed by atoms with van der Waals surface area (Å²) in [4.78, 5) is 12.9. The quantitative estimate of drug-likeness (QED) is 0.226. The molecule has 0 aliphatic rings. The predicted octanol–water partition coefficient (Wildman–Crippen LogP) is 7.48. The van der Waals surface area contributed by atoms with E-state index in [2.05, 4.69) is 66.7 Å². The fraction of sp³-hybridized carbons (Fsp3) is 0.0690. The van der Waals surface area contributed by atoms with Gasteiger partial charge >= 0.3 is 0 Å². The lowest BCUT2D eigenvalue weighted by atomic mass is 9.92. The Morgan fingerprint density at radius 1 is 0.567 bits per heavy atom. The summed E-state index contributed by atoms with van der Waals surface area (Å²) in [6, 6.07) is 37.4. The average Bonchev–Trinajstić information content (AvgIpc) is 2.82. The summed E-state index contributed by atoms with van der Waals surface area (Å²) in [5.74, 6) is 0.187. The SMILES string of the molecule is O=C(CCc1c2ccccc2cc2ccccc12)c1ccc(-c2ccccc2)cc1. The topological polar surface area (TPSA) is 17.1 Å². The summed E-state index contributed by atoms with van der Waals surface area (Å²) in [6.07, 6.45) is 1.24. The van der Waals surface area contributed by atoms with Crippen LogP contribution in [-0.2, 0) is 6.42 Å². The Morgan fingerprint density at radius 2 is 1.10 bits per heavy atom. The zero-order valence-corrected chi connectivity index (χ0v) is 16.7. The van der Waals surface area contributed by atoms with Gasteiger partial charge in [-0.1, -0.05) is 103 Å². The molecular weight excluding hydrogens is 364 g/mol. The van der Waals surface area contributed by atoms with Gasteiger partial charge in [-0.15, -0.1) is 0 Å². The summed E-state index contributed by atoms with van der Waals surface area (Å²) < 4.78 is 0. The van der Waals surface area contributed by atoms with Crippen LogP contribution in [0.25, 0.3) is 32.7 Å². The van der Waals surface area contributed by atoms with Gasteiger partial charge in [0.15, 0.2) is 5.78 Å². The number of fused-ring (bicyclic) bond motifs is 2. The Bertz CT molecular complexity index is 1280. The Kier molecular flexibility index (Phi) is 4.86. The molecule has 5 rings (SSSR count). The molecule has 1 nitrogen and oxygen atoms in total. The first-order valence-electron chi connectivity index (χ1n) is 10.4. The Hall–Kier alpha value is -3.71. The van der Waals surface area contributed by atoms with Crippen molar-refractivity contribution in [2.75, 3.05) is 0 Å². The maximum Gasteiger partial charge on any atom is 0.163 e. The molecule has 0 radical (unpaired) electrons. The Balaban J connectivity index is 1.42. The van der Waals surface area contributed by atoms with Gasteiger partial charge < -0.3 is 0 Å². The van der Waals surface area contributed by atoms with Gasteiger partial charge in [0, 0.05) is 12.0 Å². The van der Waals surface area contributed by atoms with Crippen LogP contribution in [0.15, 0.2) is 109 Å². The molecule has 0 fully saturated rings. The molecule has 0 amide bonds. The van der Waals surface area contributed by atoms with Gasteiger partial charge in [0.1, 0.15) is 0 Å². The van der Waals surface area contributed by atoms with E-state index in [1.165, 1.54) is 32.7 Å². The largest absolute Gasteiger partial charge is 0.294 e. The molecule has 0 spiro atoms. The van der Waals surface area contributed by atoms with Crippen LogP contribution in [-0.4, -0.2) is 5.78 Å². The smallest absolute Gasteiger partial charge is 0.163 e. The molecule has 0 saturated heterocycles. The lowest BCUT2D eigenvalue weighted by Gasteiger charge is -2.11. The molecule has 5 aromatic rings. The van der Waals surface area contributed by atoms with Crippen molar-refractivity contribution in [3.63, 3.8) is 0 Å². The molecule has 0 saturated carbocycles. The maximum atomic E-state index is 12.9. The molecule has 144 valence electrons. The highest BCUT2D eigenvalue weighted by atomic mass is 16.1. The average molecular weight is 386 g/mol. The van der Waals surface area contributed by atoms with Crippen LogP contribution in [0.4, 0.5) is 0 Å². The van der Waals surface area contributed by atoms with Crippen molar-refractivity contribution in [1.82, 2.24) is 0 Å². The van der Waals surface area contributed by atoms with Crippen molar-refractivity contribution >= 4 is 27.3 Å². The van der Waals surface area contributed by atoms with Gasteiger partial charge in [0.25, 0.3) is 0 Å². The number of ketones is 1. The monoisotopic (exact) mass is 386 g/mol. The summed E-state index contributed by atoms with van der Waals surface area (Å²) >= 11 is 0. The Morgan fingerprint density at radius 3 is 1.73 bits per heavy atom. The second kappa shape index (κ2) is 7.96. The van der Waals surface area contributed by atoms with E-state index in [9.17, 15) is 4.79 Å². The van der Waals surface area contributed by atoms with E-state index in [1.807, 2.05) is 42.5 Å². The van der Waals surface area contributed by atoms with Crippen molar-refractivity contribution < 1.29 is 4.79 Å². The minimum absolute atomic E-state index is 0.187. The van der Waals surface area contributed by atoms with E-state index in [-0.39, 0.29) is 5.78 Å². The maximum absolute atomic E-state index is 12.9. The number of hydrogen-bond donors (Lipinski definition) is 0. The van der Waals surface area contributed by atoms with E-state index >= 15 is 0 Å². The fourth-order valence-corrected chi connectivity index (χ4v) is 4.24. The highest BCUT2D eigenvalue weighted by Crippen LogP contribution is 2.30. The summed E-state index contributed by atoms with van der Waals surface area (Å²) in [6.45, 7) is 0. The number of carbonyl (C=O) groups excluding carboxylic acids is 1. The summed E-state index contributed by atoms with van der Waals surface area (Å²) in [7, 11) is 0. The molecule has 0 unspecified atom stereocenters. The van der Waals surface area contributed by atoms with Gasteiger partial charge in [-0.25, -0.2) is 0 Å². The van der Waals surface area contributed by atoms with Crippen LogP contribution < -0.4 is 0 Å². The molecule has 0 aliphatic heterocycles. The standard InChI is InChI=1S/C29H22O/c30-29(23-16-14-22(15-17-23)21-8-2-1-3-9-21)19-18-28-26-12-6-4-10-24(26)20-25-11-5-7-13-27(25)28/h1-17,20H,18-19H2. The third kappa shape index (κ3) is 3.51. The van der Waals surface area contributed by atoms with Gasteiger partial charge in [-0.05, 0) is 50.7 Å². The van der Waals surface area contributed by atoms with Crippen molar-refractivity contribution in [2.45, 2.75) is 12.8 Å². The van der Waals surface area contributed by atoms with Crippen molar-refractivity contribution in [2.24, 2.45) is 0 Å². The normalized spacial score (nSPS) is 11.1. The summed E-state index contributed by atoms with van der Waals surface area (Å²) in [5.41, 5.74) is 4.34. The zero-order valence-electron chi connectivity index (χ0n) is 16.7. The molecule has 0 heterocycles. The zero-order chi connectivity index (χ0) is 20.3. The lowest BCUT2D eigenvalue weighted by Crippen LogP contribution is -2.02. The molecule has 0 N–H and O–H groups in total. The van der Waals surface area contributed by atoms with Crippen molar-refractivity contribution in [1.29, 1.82) is 0 Å².